The van der Waals surface area contributed by atoms with Gasteiger partial charge in [0.15, 0.2) is 0 Å². The Morgan fingerprint density at radius 1 is 1.25 bits per heavy atom. The number of halogens is 3. The molecule has 12 heteroatoms. The molecule has 0 aliphatic rings. The Bertz CT molecular complexity index is 1040. The Kier molecular flexibility index (Phi) is 8.69. The number of aromatic nitrogens is 1. The summed E-state index contributed by atoms with van der Waals surface area (Å²) < 4.78 is 53.4. The predicted octanol–water partition coefficient (Wildman–Crippen LogP) is 4.35. The summed E-state index contributed by atoms with van der Waals surface area (Å²) in [6.45, 7) is 6.96. The summed E-state index contributed by atoms with van der Waals surface area (Å²) in [5.74, 6) is -0.879. The van der Waals surface area contributed by atoms with Crippen LogP contribution in [0.5, 0.6) is 11.6 Å². The van der Waals surface area contributed by atoms with Gasteiger partial charge in [-0.2, -0.15) is 12.8 Å². The monoisotopic (exact) mass is 507 g/mol. The minimum absolute atomic E-state index is 0.0203. The second kappa shape index (κ2) is 10.7. The van der Waals surface area contributed by atoms with Crippen LogP contribution in [0.4, 0.5) is 4.39 Å². The minimum atomic E-state index is -4.76. The van der Waals surface area contributed by atoms with E-state index in [1.807, 2.05) is 13.8 Å². The molecule has 1 aromatic heterocycles. The summed E-state index contributed by atoms with van der Waals surface area (Å²) in [5.41, 5.74) is -3.34. The SMILES string of the molecule is CC(C)COc1ncc(OC(F)(Cl)N(C(C)C)S(=O)(=O)NC(=O)c2ccccc2)cc1Cl. The minimum Gasteiger partial charge on any atom is -0.476 e. The Labute approximate surface area is 196 Å². The number of carbonyl (C=O) groups is 1. The lowest BCUT2D eigenvalue weighted by atomic mass is 10.2. The highest BCUT2D eigenvalue weighted by Crippen LogP contribution is 2.34. The summed E-state index contributed by atoms with van der Waals surface area (Å²) in [4.78, 5) is 16.2. The van der Waals surface area contributed by atoms with E-state index in [0.717, 1.165) is 6.20 Å². The zero-order valence-electron chi connectivity index (χ0n) is 17.9. The molecule has 0 saturated carbocycles. The molecule has 32 heavy (non-hydrogen) atoms. The first-order valence-corrected chi connectivity index (χ1v) is 11.8. The van der Waals surface area contributed by atoms with E-state index >= 15 is 4.39 Å². The zero-order chi connectivity index (χ0) is 24.1. The van der Waals surface area contributed by atoms with Crippen molar-refractivity contribution in [2.24, 2.45) is 5.92 Å². The first kappa shape index (κ1) is 26.1. The number of carbonyl (C=O) groups excluding carboxylic acids is 1. The predicted molar refractivity (Wildman–Crippen MR) is 120 cm³/mol. The smallest absolute Gasteiger partial charge is 0.408 e. The maximum atomic E-state index is 15.4. The van der Waals surface area contributed by atoms with E-state index in [1.165, 1.54) is 32.0 Å². The second-order valence-electron chi connectivity index (χ2n) is 7.44. The molecule has 1 heterocycles. The van der Waals surface area contributed by atoms with Gasteiger partial charge in [0.05, 0.1) is 12.8 Å². The summed E-state index contributed by atoms with van der Waals surface area (Å²) in [6, 6.07) is 7.73. The van der Waals surface area contributed by atoms with Crippen LogP contribution < -0.4 is 14.2 Å². The molecule has 8 nitrogen and oxygen atoms in total. The second-order valence-corrected chi connectivity index (χ2v) is 9.86. The number of nitrogens with zero attached hydrogens (tertiary/aromatic N) is 2. The molecule has 0 aliphatic heterocycles. The van der Waals surface area contributed by atoms with Crippen LogP contribution in [0.25, 0.3) is 0 Å². The van der Waals surface area contributed by atoms with Crippen molar-refractivity contribution in [3.8, 4) is 11.6 Å². The van der Waals surface area contributed by atoms with Crippen molar-refractivity contribution >= 4 is 39.3 Å². The fourth-order valence-electron chi connectivity index (χ4n) is 2.54. The molecule has 1 aromatic carbocycles. The van der Waals surface area contributed by atoms with Crippen molar-refractivity contribution in [1.29, 1.82) is 0 Å². The Morgan fingerprint density at radius 2 is 1.88 bits per heavy atom. The van der Waals surface area contributed by atoms with Crippen LogP contribution in [0, 0.1) is 5.92 Å². The molecule has 0 aliphatic carbocycles. The van der Waals surface area contributed by atoms with Crippen LogP contribution >= 0.6 is 23.2 Å². The summed E-state index contributed by atoms with van der Waals surface area (Å²) in [6.07, 6.45) is 1.09. The van der Waals surface area contributed by atoms with Crippen LogP contribution in [0.2, 0.25) is 5.02 Å². The van der Waals surface area contributed by atoms with E-state index in [4.69, 9.17) is 32.7 Å². The average molecular weight is 508 g/mol. The molecule has 1 atom stereocenters. The van der Waals surface area contributed by atoms with Crippen molar-refractivity contribution in [1.82, 2.24) is 14.0 Å². The standard InChI is InChI=1S/C20H24Cl2FN3O5S/c1-13(2)12-30-19-17(21)10-16(11-24-19)31-20(22,23)26(14(3)4)32(28,29)25-18(27)15-8-6-5-7-9-15/h5-11,13-14H,12H2,1-4H3,(H,25,27). The maximum Gasteiger partial charge on any atom is 0.408 e. The van der Waals surface area contributed by atoms with Crippen molar-refractivity contribution in [2.75, 3.05) is 6.61 Å². The topological polar surface area (TPSA) is 97.8 Å². The van der Waals surface area contributed by atoms with Gasteiger partial charge in [-0.3, -0.25) is 4.79 Å². The maximum absolute atomic E-state index is 15.4. The third kappa shape index (κ3) is 6.93. The van der Waals surface area contributed by atoms with Gasteiger partial charge >= 0.3 is 15.6 Å². The van der Waals surface area contributed by atoms with Gasteiger partial charge in [0.25, 0.3) is 5.91 Å². The Hall–Kier alpha value is -2.14. The van der Waals surface area contributed by atoms with Gasteiger partial charge < -0.3 is 9.47 Å². The normalized spacial score (nSPS) is 13.8. The van der Waals surface area contributed by atoms with Crippen molar-refractivity contribution < 1.29 is 27.1 Å². The molecular weight excluding hydrogens is 484 g/mol. The first-order chi connectivity index (χ1) is 14.8. The van der Waals surface area contributed by atoms with Crippen LogP contribution in [0.3, 0.4) is 0 Å². The molecular formula is C20H24Cl2FN3O5S. The average Bonchev–Trinajstić information content (AvgIpc) is 2.66. The number of rotatable bonds is 10. The van der Waals surface area contributed by atoms with Crippen LogP contribution in [-0.2, 0) is 10.2 Å². The van der Waals surface area contributed by atoms with Crippen LogP contribution in [0.15, 0.2) is 42.6 Å². The molecule has 176 valence electrons. The molecule has 1 amide bonds. The van der Waals surface area contributed by atoms with Crippen LogP contribution in [0.1, 0.15) is 38.1 Å². The molecule has 1 unspecified atom stereocenters. The molecule has 2 aromatic rings. The largest absolute Gasteiger partial charge is 0.476 e. The van der Waals surface area contributed by atoms with E-state index in [2.05, 4.69) is 4.98 Å². The van der Waals surface area contributed by atoms with E-state index in [0.29, 0.717) is 6.61 Å². The molecule has 0 saturated heterocycles. The third-order valence-electron chi connectivity index (χ3n) is 3.82. The van der Waals surface area contributed by atoms with Gasteiger partial charge in [-0.1, -0.05) is 48.0 Å². The zero-order valence-corrected chi connectivity index (χ0v) is 20.2. The summed E-state index contributed by atoms with van der Waals surface area (Å²) in [5, 5.41) is 0.0203. The number of benzene rings is 1. The van der Waals surface area contributed by atoms with Crippen molar-refractivity contribution in [2.45, 2.75) is 39.2 Å². The summed E-state index contributed by atoms with van der Waals surface area (Å²) >= 11 is 11.9. The van der Waals surface area contributed by atoms with Gasteiger partial charge in [-0.25, -0.2) is 9.71 Å². The highest BCUT2D eigenvalue weighted by Gasteiger charge is 2.48. The van der Waals surface area contributed by atoms with Crippen molar-refractivity contribution in [3.05, 3.63) is 53.2 Å². The fraction of sp³-hybridized carbons (Fsp3) is 0.400. The molecule has 0 radical (unpaired) electrons. The van der Waals surface area contributed by atoms with Gasteiger partial charge in [-0.05, 0) is 43.5 Å². The number of hydrogen-bond acceptors (Lipinski definition) is 6. The number of ether oxygens (including phenoxy) is 2. The Balaban J connectivity index is 2.24. The van der Waals surface area contributed by atoms with Crippen molar-refractivity contribution in [3.63, 3.8) is 0 Å². The van der Waals surface area contributed by atoms with E-state index in [-0.39, 0.29) is 32.4 Å². The highest BCUT2D eigenvalue weighted by molar-refractivity contribution is 7.87. The van der Waals surface area contributed by atoms with E-state index < -0.39 is 27.6 Å². The molecule has 0 spiro atoms. The van der Waals surface area contributed by atoms with Gasteiger partial charge in [0, 0.05) is 17.7 Å². The molecule has 2 rings (SSSR count). The Morgan fingerprint density at radius 3 is 2.41 bits per heavy atom. The van der Waals surface area contributed by atoms with Gasteiger partial charge in [0.1, 0.15) is 10.8 Å². The van der Waals surface area contributed by atoms with E-state index in [9.17, 15) is 13.2 Å². The quantitative estimate of drug-likeness (QED) is 0.291. The molecule has 0 fully saturated rings. The fourth-order valence-corrected chi connectivity index (χ4v) is 4.63. The van der Waals surface area contributed by atoms with Gasteiger partial charge in [0.2, 0.25) is 5.88 Å². The highest BCUT2D eigenvalue weighted by atomic mass is 35.5. The lowest BCUT2D eigenvalue weighted by molar-refractivity contribution is -0.0836. The summed E-state index contributed by atoms with van der Waals surface area (Å²) in [7, 11) is -4.76. The first-order valence-electron chi connectivity index (χ1n) is 9.60. The number of amides is 1. The number of nitrogens with one attached hydrogen (secondary N) is 1. The lowest BCUT2D eigenvalue weighted by Gasteiger charge is -2.33. The number of pyridine rings is 1. The van der Waals surface area contributed by atoms with Crippen LogP contribution in [-0.4, -0.2) is 41.7 Å². The third-order valence-corrected chi connectivity index (χ3v) is 6.07. The lowest BCUT2D eigenvalue weighted by Crippen LogP contribution is -2.56. The number of alkyl halides is 2. The number of hydrogen-bond donors (Lipinski definition) is 1. The molecule has 1 N–H and O–H groups in total. The van der Waals surface area contributed by atoms with Gasteiger partial charge in [-0.15, -0.1) is 0 Å². The van der Waals surface area contributed by atoms with E-state index in [1.54, 1.807) is 22.9 Å². The molecule has 0 bridgehead atoms.